The van der Waals surface area contributed by atoms with Crippen LogP contribution in [0.25, 0.3) is 0 Å². The number of hydrogen-bond acceptors (Lipinski definition) is 3. The van der Waals surface area contributed by atoms with Gasteiger partial charge in [-0.25, -0.2) is 9.97 Å². The van der Waals surface area contributed by atoms with Crippen LogP contribution >= 0.6 is 0 Å². The lowest BCUT2D eigenvalue weighted by molar-refractivity contribution is -0.125. The Bertz CT molecular complexity index is 587. The van der Waals surface area contributed by atoms with E-state index in [9.17, 15) is 4.79 Å². The zero-order valence-electron chi connectivity index (χ0n) is 11.6. The minimum absolute atomic E-state index is 0.0594. The van der Waals surface area contributed by atoms with Crippen molar-refractivity contribution in [3.63, 3.8) is 0 Å². The number of nitrogens with one attached hydrogen (secondary N) is 3. The summed E-state index contributed by atoms with van der Waals surface area (Å²) < 4.78 is 0. The Morgan fingerprint density at radius 2 is 2.45 bits per heavy atom. The van der Waals surface area contributed by atoms with Crippen LogP contribution < -0.4 is 5.32 Å². The third-order valence-corrected chi connectivity index (χ3v) is 3.78. The Balaban J connectivity index is 1.51. The number of hydrogen-bond donors (Lipinski definition) is 3. The van der Waals surface area contributed by atoms with Crippen LogP contribution in [0.5, 0.6) is 0 Å². The zero-order valence-corrected chi connectivity index (χ0v) is 11.6. The molecule has 2 aromatic heterocycles. The normalized spacial score (nSPS) is 17.8. The highest BCUT2D eigenvalue weighted by molar-refractivity contribution is 5.79. The summed E-state index contributed by atoms with van der Waals surface area (Å²) in [7, 11) is 0. The van der Waals surface area contributed by atoms with E-state index in [0.29, 0.717) is 6.54 Å². The maximum absolute atomic E-state index is 12.2. The molecule has 0 spiro atoms. The molecule has 1 aliphatic carbocycles. The number of aromatic nitrogens is 4. The van der Waals surface area contributed by atoms with E-state index in [1.165, 1.54) is 0 Å². The Hall–Kier alpha value is -2.11. The van der Waals surface area contributed by atoms with Gasteiger partial charge in [0.05, 0.1) is 12.0 Å². The number of carbonyl (C=O) groups excluding carboxylic acids is 1. The highest BCUT2D eigenvalue weighted by Crippen LogP contribution is 2.23. The summed E-state index contributed by atoms with van der Waals surface area (Å²) in [6.07, 6.45) is 6.76. The number of aryl methyl sites for hydroxylation is 2. The van der Waals surface area contributed by atoms with Gasteiger partial charge in [-0.2, -0.15) is 0 Å². The van der Waals surface area contributed by atoms with Gasteiger partial charge in [0.1, 0.15) is 5.82 Å². The molecule has 0 bridgehead atoms. The molecule has 20 heavy (non-hydrogen) atoms. The summed E-state index contributed by atoms with van der Waals surface area (Å²) in [5.74, 6) is 1.14. The molecule has 0 radical (unpaired) electrons. The van der Waals surface area contributed by atoms with Crippen molar-refractivity contribution >= 4 is 5.91 Å². The molecule has 0 fully saturated rings. The largest absolute Gasteiger partial charge is 0.355 e. The van der Waals surface area contributed by atoms with Crippen LogP contribution in [0.15, 0.2) is 12.5 Å². The summed E-state index contributed by atoms with van der Waals surface area (Å²) in [6.45, 7) is 2.60. The lowest BCUT2D eigenvalue weighted by atomic mass is 9.89. The minimum atomic E-state index is 0.0594. The fraction of sp³-hybridized carbons (Fsp3) is 0.500. The van der Waals surface area contributed by atoms with E-state index in [4.69, 9.17) is 0 Å². The predicted octanol–water partition coefficient (Wildman–Crippen LogP) is 0.905. The molecule has 2 aromatic rings. The second-order valence-corrected chi connectivity index (χ2v) is 5.31. The quantitative estimate of drug-likeness (QED) is 0.773. The average molecular weight is 273 g/mol. The molecule has 0 aromatic carbocycles. The van der Waals surface area contributed by atoms with Crippen LogP contribution in [-0.2, 0) is 24.1 Å². The van der Waals surface area contributed by atoms with Gasteiger partial charge < -0.3 is 15.3 Å². The van der Waals surface area contributed by atoms with Crippen molar-refractivity contribution in [2.75, 3.05) is 6.54 Å². The molecule has 0 aliphatic heterocycles. The van der Waals surface area contributed by atoms with Gasteiger partial charge in [-0.15, -0.1) is 0 Å². The first kappa shape index (κ1) is 12.9. The second-order valence-electron chi connectivity index (χ2n) is 5.31. The highest BCUT2D eigenvalue weighted by atomic mass is 16.1. The van der Waals surface area contributed by atoms with E-state index in [1.807, 2.05) is 6.92 Å². The van der Waals surface area contributed by atoms with Crippen LogP contribution in [0.3, 0.4) is 0 Å². The van der Waals surface area contributed by atoms with Gasteiger partial charge >= 0.3 is 0 Å². The fourth-order valence-electron chi connectivity index (χ4n) is 2.73. The first-order valence-electron chi connectivity index (χ1n) is 7.01. The molecule has 1 atom stereocenters. The van der Waals surface area contributed by atoms with Crippen LogP contribution in [0.2, 0.25) is 0 Å². The van der Waals surface area contributed by atoms with Crippen LogP contribution in [0.1, 0.15) is 29.3 Å². The SMILES string of the molecule is Cc1nc2c([nH]1)CC(C(=O)NCCc1cnc[nH]1)CC2. The first-order chi connectivity index (χ1) is 9.72. The molecule has 6 nitrogen and oxygen atoms in total. The van der Waals surface area contributed by atoms with Crippen molar-refractivity contribution in [2.45, 2.75) is 32.6 Å². The number of carbonyl (C=O) groups is 1. The summed E-state index contributed by atoms with van der Waals surface area (Å²) in [5.41, 5.74) is 3.30. The third-order valence-electron chi connectivity index (χ3n) is 3.78. The topological polar surface area (TPSA) is 86.5 Å². The number of rotatable bonds is 4. The Labute approximate surface area is 117 Å². The average Bonchev–Trinajstić information content (AvgIpc) is 3.05. The second kappa shape index (κ2) is 5.48. The molecule has 3 rings (SSSR count). The van der Waals surface area contributed by atoms with Crippen LogP contribution in [0, 0.1) is 12.8 Å². The van der Waals surface area contributed by atoms with E-state index in [0.717, 1.165) is 48.6 Å². The van der Waals surface area contributed by atoms with Gasteiger partial charge in [0.2, 0.25) is 5.91 Å². The van der Waals surface area contributed by atoms with Crippen molar-refractivity contribution in [1.29, 1.82) is 0 Å². The van der Waals surface area contributed by atoms with Crippen molar-refractivity contribution in [1.82, 2.24) is 25.3 Å². The number of H-pyrrole nitrogens is 2. The lowest BCUT2D eigenvalue weighted by Crippen LogP contribution is -2.35. The highest BCUT2D eigenvalue weighted by Gasteiger charge is 2.26. The van der Waals surface area contributed by atoms with E-state index in [-0.39, 0.29) is 11.8 Å². The number of fused-ring (bicyclic) bond motifs is 1. The molecule has 6 heteroatoms. The van der Waals surface area contributed by atoms with E-state index in [2.05, 4.69) is 25.3 Å². The molecule has 3 N–H and O–H groups in total. The third kappa shape index (κ3) is 2.74. The number of nitrogens with zero attached hydrogens (tertiary/aromatic N) is 2. The van der Waals surface area contributed by atoms with Gasteiger partial charge in [-0.1, -0.05) is 0 Å². The van der Waals surface area contributed by atoms with Gasteiger partial charge in [0.25, 0.3) is 0 Å². The van der Waals surface area contributed by atoms with Crippen molar-refractivity contribution in [3.05, 3.63) is 35.4 Å². The summed E-state index contributed by atoms with van der Waals surface area (Å²) in [6, 6.07) is 0. The number of amides is 1. The summed E-state index contributed by atoms with van der Waals surface area (Å²) in [5, 5.41) is 3.01. The molecule has 1 aliphatic rings. The first-order valence-corrected chi connectivity index (χ1v) is 7.01. The monoisotopic (exact) mass is 273 g/mol. The fourth-order valence-corrected chi connectivity index (χ4v) is 2.73. The standard InChI is InChI=1S/C14H19N5O/c1-9-18-12-3-2-10(6-13(12)19-9)14(20)16-5-4-11-7-15-8-17-11/h7-8,10H,2-6H2,1H3,(H,15,17)(H,16,20)(H,18,19). The summed E-state index contributed by atoms with van der Waals surface area (Å²) in [4.78, 5) is 26.9. The number of imidazole rings is 2. The maximum atomic E-state index is 12.2. The van der Waals surface area contributed by atoms with Gasteiger partial charge in [0, 0.05) is 42.9 Å². The van der Waals surface area contributed by atoms with Crippen LogP contribution in [-0.4, -0.2) is 32.4 Å². The van der Waals surface area contributed by atoms with Crippen molar-refractivity contribution in [2.24, 2.45) is 5.92 Å². The van der Waals surface area contributed by atoms with Crippen molar-refractivity contribution < 1.29 is 4.79 Å². The van der Waals surface area contributed by atoms with Gasteiger partial charge in [-0.3, -0.25) is 4.79 Å². The Kier molecular flexibility index (Phi) is 3.54. The molecule has 1 amide bonds. The minimum Gasteiger partial charge on any atom is -0.355 e. The number of aromatic amines is 2. The zero-order chi connectivity index (χ0) is 13.9. The van der Waals surface area contributed by atoms with Crippen LogP contribution in [0.4, 0.5) is 0 Å². The molecule has 1 unspecified atom stereocenters. The Morgan fingerprint density at radius 1 is 1.55 bits per heavy atom. The van der Waals surface area contributed by atoms with E-state index < -0.39 is 0 Å². The van der Waals surface area contributed by atoms with E-state index >= 15 is 0 Å². The predicted molar refractivity (Wildman–Crippen MR) is 74.1 cm³/mol. The smallest absolute Gasteiger partial charge is 0.223 e. The molecular weight excluding hydrogens is 254 g/mol. The van der Waals surface area contributed by atoms with Crippen molar-refractivity contribution in [3.8, 4) is 0 Å². The van der Waals surface area contributed by atoms with Gasteiger partial charge in [0.15, 0.2) is 0 Å². The molecule has 0 saturated carbocycles. The Morgan fingerprint density at radius 3 is 3.25 bits per heavy atom. The van der Waals surface area contributed by atoms with Gasteiger partial charge in [-0.05, 0) is 19.8 Å². The summed E-state index contributed by atoms with van der Waals surface area (Å²) >= 11 is 0. The maximum Gasteiger partial charge on any atom is 0.223 e. The lowest BCUT2D eigenvalue weighted by Gasteiger charge is -2.20. The molecular formula is C14H19N5O. The molecule has 2 heterocycles. The van der Waals surface area contributed by atoms with E-state index in [1.54, 1.807) is 12.5 Å². The molecule has 106 valence electrons. The molecule has 0 saturated heterocycles.